The van der Waals surface area contributed by atoms with Gasteiger partial charge in [0, 0.05) is 37.5 Å². The van der Waals surface area contributed by atoms with Crippen LogP contribution in [0.25, 0.3) is 0 Å². The minimum absolute atomic E-state index is 0.0461. The summed E-state index contributed by atoms with van der Waals surface area (Å²) in [6.45, 7) is 19.5. The second kappa shape index (κ2) is 21.6. The van der Waals surface area contributed by atoms with E-state index in [0.29, 0.717) is 6.42 Å². The van der Waals surface area contributed by atoms with E-state index >= 15 is 0 Å². The summed E-state index contributed by atoms with van der Waals surface area (Å²) in [6.07, 6.45) is -12.8. The van der Waals surface area contributed by atoms with E-state index in [1.807, 2.05) is 35.1 Å². The number of carbonyl (C=O) groups excluding carboxylic acids is 3. The number of Topliss-reactive ketones (excluding diaryl/α,β-unsaturated/α-hetero) is 1. The molecule has 4 fully saturated rings. The van der Waals surface area contributed by atoms with Gasteiger partial charge in [0.2, 0.25) is 0 Å². The quantitative estimate of drug-likeness (QED) is 0.135. The zero-order chi connectivity index (χ0) is 48.5. The molecule has 0 bridgehead atoms. The normalized spacial score (nSPS) is 48.1. The van der Waals surface area contributed by atoms with E-state index in [-0.39, 0.29) is 43.9 Å². The van der Waals surface area contributed by atoms with Gasteiger partial charge in [0.05, 0.1) is 82.8 Å². The topological polar surface area (TPSA) is 235 Å². The molecule has 4 saturated heterocycles. The number of hydrogen-bond acceptors (Lipinski definition) is 16. The number of hydrogen-bond donors (Lipinski definition) is 7. The molecular weight excluding hydrogens is 837 g/mol. The van der Waals surface area contributed by atoms with Crippen molar-refractivity contribution in [3.8, 4) is 0 Å². The van der Waals surface area contributed by atoms with E-state index in [4.69, 9.17) is 37.9 Å². The van der Waals surface area contributed by atoms with Gasteiger partial charge in [-0.1, -0.05) is 27.7 Å². The maximum Gasteiger partial charge on any atom is 0.311 e. The highest BCUT2D eigenvalue weighted by Gasteiger charge is 2.56. The number of ketones is 1. The fourth-order valence-corrected chi connectivity index (χ4v) is 10.8. The summed E-state index contributed by atoms with van der Waals surface area (Å²) in [4.78, 5) is 43.1. The van der Waals surface area contributed by atoms with E-state index in [9.17, 15) is 39.9 Å². The summed E-state index contributed by atoms with van der Waals surface area (Å²) in [6, 6.07) is -0.599. The highest BCUT2D eigenvalue weighted by molar-refractivity contribution is 5.83. The first-order valence-corrected chi connectivity index (χ1v) is 23.4. The van der Waals surface area contributed by atoms with Crippen molar-refractivity contribution in [3.05, 3.63) is 0 Å². The van der Waals surface area contributed by atoms with Crippen LogP contribution in [-0.2, 0) is 52.3 Å². The maximum absolute atomic E-state index is 14.6. The molecule has 4 rings (SSSR count). The number of cyclic esters (lactones) is 1. The van der Waals surface area contributed by atoms with Gasteiger partial charge in [-0.2, -0.15) is 0 Å². The first kappa shape index (κ1) is 54.7. The predicted molar refractivity (Wildman–Crippen MR) is 231 cm³/mol. The summed E-state index contributed by atoms with van der Waals surface area (Å²) < 4.78 is 51.6. The number of carbonyl (C=O) groups is 3. The minimum Gasteiger partial charge on any atom is -0.459 e. The molecule has 22 atom stereocenters. The largest absolute Gasteiger partial charge is 0.459 e. The van der Waals surface area contributed by atoms with Gasteiger partial charge in [-0.3, -0.25) is 14.4 Å². The van der Waals surface area contributed by atoms with Crippen LogP contribution >= 0.6 is 0 Å². The second-order valence-electron chi connectivity index (χ2n) is 20.8. The van der Waals surface area contributed by atoms with Crippen molar-refractivity contribution in [2.45, 2.75) is 224 Å². The molecule has 18 nitrogen and oxygen atoms in total. The number of aliphatic hydroxyl groups is 5. The molecule has 0 aliphatic carbocycles. The molecule has 0 unspecified atom stereocenters. The SMILES string of the molecule is CC[C@H]1OC(=O)[C@H](C)[C@@H](O[C@H]2C[C@@](C)(O)[C@@H](OC(C)=O)[C@H](C)O2)[C@H](C)[C@@H](O[C@H]2O[C@@H](C)C[C@@H]([NH+](C)C)[C@@H]2O)[C@](C)(O[C@H]2C[C@@H]([NH+](C)C)[C@@H](O)[C@H](C)O2)C[C@@H](C)C(=O)[C@H](C)[C@@H](O)[C@]1(C)O. The van der Waals surface area contributed by atoms with Crippen LogP contribution in [-0.4, -0.2) is 180 Å². The Hall–Kier alpha value is -1.91. The third-order valence-electron chi connectivity index (χ3n) is 14.6. The van der Waals surface area contributed by atoms with E-state index in [0.717, 1.165) is 9.80 Å². The molecule has 372 valence electrons. The third-order valence-corrected chi connectivity index (χ3v) is 14.6. The zero-order valence-corrected chi connectivity index (χ0v) is 41.2. The minimum atomic E-state index is -2.06. The lowest BCUT2D eigenvalue weighted by atomic mass is 9.73. The lowest BCUT2D eigenvalue weighted by molar-refractivity contribution is -0.893. The molecule has 18 heteroatoms. The number of nitrogens with one attached hydrogen (secondary N) is 2. The summed E-state index contributed by atoms with van der Waals surface area (Å²) in [5, 5.41) is 58.5. The summed E-state index contributed by atoms with van der Waals surface area (Å²) in [5.41, 5.74) is -5.23. The first-order valence-electron chi connectivity index (χ1n) is 23.4. The van der Waals surface area contributed by atoms with E-state index in [1.54, 1.807) is 48.5 Å². The van der Waals surface area contributed by atoms with Crippen molar-refractivity contribution in [1.29, 1.82) is 0 Å². The standard InChI is InChI=1S/C46H82N2O16/c1-17-32-46(12,56)39(53)24(4)35(50)22(2)20-45(11,64-33-19-31(48(15)16)36(51)27(7)58-33)40(63-43-37(52)30(47(13)14)18-23(3)57-43)25(5)38(26(6)42(54)61-32)62-34-21-44(10,55)41(28(8)59-34)60-29(9)49/h22-28,30-34,36-41,43,51-53,55-56H,17-21H2,1-16H3/p+2/t22-,23+,24+,25+,26-,27+,28+,30-,31-,32-,33+,34+,36+,37+,38+,39-,40-,41+,43-,44-,45-,46-/m1/s1. The lowest BCUT2D eigenvalue weighted by Gasteiger charge is -2.51. The Kier molecular flexibility index (Phi) is 18.4. The highest BCUT2D eigenvalue weighted by atomic mass is 16.7. The van der Waals surface area contributed by atoms with Crippen LogP contribution in [0.2, 0.25) is 0 Å². The van der Waals surface area contributed by atoms with Crippen molar-refractivity contribution >= 4 is 17.7 Å². The van der Waals surface area contributed by atoms with Gasteiger partial charge in [0.15, 0.2) is 31.1 Å². The smallest absolute Gasteiger partial charge is 0.311 e. The summed E-state index contributed by atoms with van der Waals surface area (Å²) >= 11 is 0. The zero-order valence-electron chi connectivity index (χ0n) is 41.2. The highest BCUT2D eigenvalue weighted by Crippen LogP contribution is 2.43. The lowest BCUT2D eigenvalue weighted by Crippen LogP contribution is -3.12. The Bertz CT molecular complexity index is 1560. The molecular formula is C46H84N2O16+2. The Balaban J connectivity index is 1.97. The molecule has 4 heterocycles. The van der Waals surface area contributed by atoms with Crippen molar-refractivity contribution in [3.63, 3.8) is 0 Å². The average molecular weight is 921 g/mol. The van der Waals surface area contributed by atoms with Gasteiger partial charge < -0.3 is 73.2 Å². The van der Waals surface area contributed by atoms with Crippen molar-refractivity contribution in [2.24, 2.45) is 23.7 Å². The molecule has 0 spiro atoms. The van der Waals surface area contributed by atoms with Crippen LogP contribution in [0.15, 0.2) is 0 Å². The van der Waals surface area contributed by atoms with Gasteiger partial charge in [0.1, 0.15) is 41.3 Å². The van der Waals surface area contributed by atoms with Crippen LogP contribution in [0.1, 0.15) is 115 Å². The molecule has 64 heavy (non-hydrogen) atoms. The molecule has 4 aliphatic heterocycles. The third kappa shape index (κ3) is 12.2. The summed E-state index contributed by atoms with van der Waals surface area (Å²) in [7, 11) is 7.74. The van der Waals surface area contributed by atoms with Crippen LogP contribution in [0, 0.1) is 23.7 Å². The van der Waals surface area contributed by atoms with Crippen LogP contribution in [0.3, 0.4) is 0 Å². The van der Waals surface area contributed by atoms with Gasteiger partial charge in [-0.25, -0.2) is 0 Å². The van der Waals surface area contributed by atoms with Gasteiger partial charge in [0.25, 0.3) is 0 Å². The molecule has 0 amide bonds. The monoisotopic (exact) mass is 921 g/mol. The molecule has 7 N–H and O–H groups in total. The van der Waals surface area contributed by atoms with E-state index in [2.05, 4.69) is 0 Å². The number of ether oxygens (including phenoxy) is 8. The van der Waals surface area contributed by atoms with Crippen LogP contribution < -0.4 is 9.80 Å². The van der Waals surface area contributed by atoms with E-state index in [1.165, 1.54) is 27.7 Å². The molecule has 0 aromatic carbocycles. The number of rotatable bonds is 10. The van der Waals surface area contributed by atoms with Crippen LogP contribution in [0.5, 0.6) is 0 Å². The first-order chi connectivity index (χ1) is 29.5. The molecule has 0 aromatic heterocycles. The number of likely N-dealkylation sites (N-methyl/N-ethyl adjacent to an activating group) is 2. The van der Waals surface area contributed by atoms with Crippen LogP contribution in [0.4, 0.5) is 0 Å². The molecule has 0 aromatic rings. The number of esters is 2. The Morgan fingerprint density at radius 1 is 0.766 bits per heavy atom. The van der Waals surface area contributed by atoms with Gasteiger partial charge in [-0.15, -0.1) is 0 Å². The Labute approximate surface area is 380 Å². The summed E-state index contributed by atoms with van der Waals surface area (Å²) in [5.74, 6) is -5.84. The average Bonchev–Trinajstić information content (AvgIpc) is 3.19. The Morgan fingerprint density at radius 3 is 1.89 bits per heavy atom. The Morgan fingerprint density at radius 2 is 1.34 bits per heavy atom. The van der Waals surface area contributed by atoms with Crippen molar-refractivity contribution in [2.75, 3.05) is 28.2 Å². The number of quaternary nitrogens is 2. The van der Waals surface area contributed by atoms with Crippen molar-refractivity contribution in [1.82, 2.24) is 0 Å². The van der Waals surface area contributed by atoms with Crippen molar-refractivity contribution < 1.29 is 87.6 Å². The van der Waals surface area contributed by atoms with E-state index < -0.39 is 132 Å². The van der Waals surface area contributed by atoms with Gasteiger partial charge >= 0.3 is 11.9 Å². The fraction of sp³-hybridized carbons (Fsp3) is 0.935. The van der Waals surface area contributed by atoms with Gasteiger partial charge in [-0.05, 0) is 61.3 Å². The second-order valence-corrected chi connectivity index (χ2v) is 20.8. The maximum atomic E-state index is 14.6. The predicted octanol–water partition coefficient (Wildman–Crippen LogP) is -0.682. The molecule has 0 saturated carbocycles. The number of aliphatic hydroxyl groups excluding tert-OH is 3. The molecule has 0 radical (unpaired) electrons. The fourth-order valence-electron chi connectivity index (χ4n) is 10.8. The molecule has 4 aliphatic rings.